The Hall–Kier alpha value is -1.30. The van der Waals surface area contributed by atoms with E-state index in [0.29, 0.717) is 5.92 Å². The third-order valence-electron chi connectivity index (χ3n) is 2.87. The lowest BCUT2D eigenvalue weighted by Crippen LogP contribution is -1.84. The predicted octanol–water partition coefficient (Wildman–Crippen LogP) is 6.39. The van der Waals surface area contributed by atoms with E-state index in [2.05, 4.69) is 70.2 Å². The van der Waals surface area contributed by atoms with E-state index >= 15 is 0 Å². The molecule has 1 rings (SSSR count). The van der Waals surface area contributed by atoms with Gasteiger partial charge >= 0.3 is 0 Å². The van der Waals surface area contributed by atoms with Crippen LogP contribution in [0.5, 0.6) is 0 Å². The normalized spacial score (nSPS) is 19.4. The molecule has 0 heterocycles. The molecule has 1 atom stereocenters. The van der Waals surface area contributed by atoms with Gasteiger partial charge in [-0.1, -0.05) is 68.9 Å². The van der Waals surface area contributed by atoms with Crippen molar-refractivity contribution in [1.29, 1.82) is 0 Å². The molecule has 0 heteroatoms. The fraction of sp³-hybridized carbons (Fsp3) is 0.474. The largest absolute Gasteiger partial charge is 0.0870 e. The van der Waals surface area contributed by atoms with Crippen molar-refractivity contribution in [3.8, 4) is 0 Å². The first kappa shape index (κ1) is 17.7. The van der Waals surface area contributed by atoms with Gasteiger partial charge in [-0.05, 0) is 50.7 Å². The average molecular weight is 258 g/mol. The van der Waals surface area contributed by atoms with E-state index in [1.807, 2.05) is 13.8 Å². The topological polar surface area (TPSA) is 0 Å². The van der Waals surface area contributed by atoms with E-state index in [4.69, 9.17) is 0 Å². The molecule has 0 nitrogen and oxygen atoms in total. The van der Waals surface area contributed by atoms with Crippen LogP contribution in [0.15, 0.2) is 59.3 Å². The number of hydrogen-bond acceptors (Lipinski definition) is 0. The molecule has 0 radical (unpaired) electrons. The average Bonchev–Trinajstić information content (AvgIpc) is 2.61. The summed E-state index contributed by atoms with van der Waals surface area (Å²) < 4.78 is 0. The van der Waals surface area contributed by atoms with Crippen LogP contribution in [-0.4, -0.2) is 0 Å². The van der Waals surface area contributed by atoms with Gasteiger partial charge in [0.05, 0.1) is 0 Å². The zero-order valence-corrected chi connectivity index (χ0v) is 13.5. The Morgan fingerprint density at radius 1 is 1.21 bits per heavy atom. The Bertz CT molecular complexity index is 382. The molecule has 0 fully saturated rings. The SMILES string of the molecule is C/C=C\C(=C/C=C(C)C)C1=CCCC(C)C=C1.CC. The van der Waals surface area contributed by atoms with Crippen molar-refractivity contribution in [3.05, 3.63) is 59.3 Å². The molecule has 0 amide bonds. The molecule has 0 spiro atoms. The van der Waals surface area contributed by atoms with Gasteiger partial charge in [0.15, 0.2) is 0 Å². The molecule has 0 saturated carbocycles. The number of allylic oxidation sites excluding steroid dienone is 10. The summed E-state index contributed by atoms with van der Waals surface area (Å²) in [7, 11) is 0. The summed E-state index contributed by atoms with van der Waals surface area (Å²) in [5.74, 6) is 0.694. The maximum Gasteiger partial charge on any atom is -0.0191 e. The first-order chi connectivity index (χ1) is 9.13. The lowest BCUT2D eigenvalue weighted by atomic mass is 10.0. The molecule has 0 aromatic heterocycles. The quantitative estimate of drug-likeness (QED) is 0.514. The van der Waals surface area contributed by atoms with Crippen LogP contribution in [0.25, 0.3) is 0 Å². The van der Waals surface area contributed by atoms with Crippen LogP contribution in [0.3, 0.4) is 0 Å². The summed E-state index contributed by atoms with van der Waals surface area (Å²) in [4.78, 5) is 0. The van der Waals surface area contributed by atoms with Crippen LogP contribution in [0.4, 0.5) is 0 Å². The minimum absolute atomic E-state index is 0.694. The van der Waals surface area contributed by atoms with Crippen molar-refractivity contribution in [2.45, 2.75) is 54.4 Å². The van der Waals surface area contributed by atoms with Gasteiger partial charge in [-0.25, -0.2) is 0 Å². The standard InChI is InChI=1S/C17H24.C2H6/c1-5-7-16(12-10-14(2)3)17-9-6-8-15(4)11-13-17;1-2/h5,7,9-13,15H,6,8H2,1-4H3;1-2H3/b7-5-,16-12+;. The Morgan fingerprint density at radius 3 is 2.47 bits per heavy atom. The number of rotatable bonds is 3. The summed E-state index contributed by atoms with van der Waals surface area (Å²) in [5, 5.41) is 0. The van der Waals surface area contributed by atoms with Gasteiger partial charge in [-0.2, -0.15) is 0 Å². The van der Waals surface area contributed by atoms with Gasteiger partial charge in [-0.3, -0.25) is 0 Å². The van der Waals surface area contributed by atoms with Crippen LogP contribution in [0.2, 0.25) is 0 Å². The smallest absolute Gasteiger partial charge is 0.0191 e. The highest BCUT2D eigenvalue weighted by Gasteiger charge is 2.04. The highest BCUT2D eigenvalue weighted by atomic mass is 14.1. The minimum Gasteiger partial charge on any atom is -0.0870 e. The summed E-state index contributed by atoms with van der Waals surface area (Å²) in [6, 6.07) is 0. The second-order valence-corrected chi connectivity index (χ2v) is 4.94. The third-order valence-corrected chi connectivity index (χ3v) is 2.87. The lowest BCUT2D eigenvalue weighted by Gasteiger charge is -2.02. The van der Waals surface area contributed by atoms with Crippen LogP contribution in [-0.2, 0) is 0 Å². The molecule has 106 valence electrons. The Balaban J connectivity index is 0.00000154. The van der Waals surface area contributed by atoms with Crippen molar-refractivity contribution >= 4 is 0 Å². The molecule has 0 aliphatic heterocycles. The second kappa shape index (κ2) is 10.6. The molecular weight excluding hydrogens is 228 g/mol. The van der Waals surface area contributed by atoms with E-state index in [-0.39, 0.29) is 0 Å². The minimum atomic E-state index is 0.694. The third kappa shape index (κ3) is 7.66. The molecule has 0 N–H and O–H groups in total. The van der Waals surface area contributed by atoms with E-state index < -0.39 is 0 Å². The van der Waals surface area contributed by atoms with Crippen LogP contribution >= 0.6 is 0 Å². The van der Waals surface area contributed by atoms with Crippen LogP contribution in [0, 0.1) is 5.92 Å². The Labute approximate surface area is 120 Å². The zero-order chi connectivity index (χ0) is 14.7. The molecule has 0 aromatic carbocycles. The Kier molecular flexibility index (Phi) is 9.88. The predicted molar refractivity (Wildman–Crippen MR) is 89.3 cm³/mol. The number of hydrogen-bond donors (Lipinski definition) is 0. The van der Waals surface area contributed by atoms with Gasteiger partial charge < -0.3 is 0 Å². The molecule has 0 saturated heterocycles. The van der Waals surface area contributed by atoms with E-state index in [9.17, 15) is 0 Å². The van der Waals surface area contributed by atoms with Crippen molar-refractivity contribution in [3.63, 3.8) is 0 Å². The fourth-order valence-corrected chi connectivity index (χ4v) is 1.83. The summed E-state index contributed by atoms with van der Waals surface area (Å²) in [6.07, 6.45) is 18.0. The lowest BCUT2D eigenvalue weighted by molar-refractivity contribution is 0.662. The van der Waals surface area contributed by atoms with E-state index in [1.54, 1.807) is 0 Å². The van der Waals surface area contributed by atoms with E-state index in [0.717, 1.165) is 0 Å². The van der Waals surface area contributed by atoms with Crippen molar-refractivity contribution in [2.75, 3.05) is 0 Å². The molecule has 0 aromatic rings. The van der Waals surface area contributed by atoms with Gasteiger partial charge in [-0.15, -0.1) is 0 Å². The first-order valence-electron chi connectivity index (χ1n) is 7.50. The first-order valence-corrected chi connectivity index (χ1v) is 7.50. The molecule has 1 aliphatic rings. The van der Waals surface area contributed by atoms with Crippen molar-refractivity contribution < 1.29 is 0 Å². The summed E-state index contributed by atoms with van der Waals surface area (Å²) >= 11 is 0. The highest BCUT2D eigenvalue weighted by Crippen LogP contribution is 2.22. The highest BCUT2D eigenvalue weighted by molar-refractivity contribution is 5.48. The monoisotopic (exact) mass is 258 g/mol. The van der Waals surface area contributed by atoms with Gasteiger partial charge in [0.25, 0.3) is 0 Å². The fourth-order valence-electron chi connectivity index (χ4n) is 1.83. The molecule has 19 heavy (non-hydrogen) atoms. The van der Waals surface area contributed by atoms with Crippen LogP contribution < -0.4 is 0 Å². The zero-order valence-electron chi connectivity index (χ0n) is 13.5. The summed E-state index contributed by atoms with van der Waals surface area (Å²) in [5.41, 5.74) is 3.99. The molecule has 0 bridgehead atoms. The van der Waals surface area contributed by atoms with E-state index in [1.165, 1.54) is 29.6 Å². The maximum absolute atomic E-state index is 2.35. The molecule has 1 unspecified atom stereocenters. The van der Waals surface area contributed by atoms with Crippen LogP contribution in [0.1, 0.15) is 54.4 Å². The molecular formula is C19H30. The summed E-state index contributed by atoms with van der Waals surface area (Å²) in [6.45, 7) is 12.6. The second-order valence-electron chi connectivity index (χ2n) is 4.94. The van der Waals surface area contributed by atoms with Gasteiger partial charge in [0.2, 0.25) is 0 Å². The molecule has 1 aliphatic carbocycles. The van der Waals surface area contributed by atoms with Crippen molar-refractivity contribution in [1.82, 2.24) is 0 Å². The van der Waals surface area contributed by atoms with Crippen molar-refractivity contribution in [2.24, 2.45) is 5.92 Å². The van der Waals surface area contributed by atoms with Gasteiger partial charge in [0.1, 0.15) is 0 Å². The Morgan fingerprint density at radius 2 is 1.89 bits per heavy atom. The maximum atomic E-state index is 2.35. The van der Waals surface area contributed by atoms with Gasteiger partial charge in [0, 0.05) is 0 Å².